The molecular weight excluding hydrogens is 394 g/mol. The highest BCUT2D eigenvalue weighted by molar-refractivity contribution is 6.30. The lowest BCUT2D eigenvalue weighted by Gasteiger charge is -2.13. The van der Waals surface area contributed by atoms with Gasteiger partial charge in [-0.15, -0.1) is 0 Å². The number of aliphatic hydroxyl groups is 1. The van der Waals surface area contributed by atoms with E-state index in [2.05, 4.69) is 39.6 Å². The molecule has 0 aliphatic rings. The molecule has 0 radical (unpaired) electrons. The molecule has 2 aromatic carbocycles. The third kappa shape index (κ3) is 5.42. The van der Waals surface area contributed by atoms with Crippen LogP contribution in [0.25, 0.3) is 22.2 Å². The molecule has 4 aromatic rings. The highest BCUT2D eigenvalue weighted by Crippen LogP contribution is 2.23. The second kappa shape index (κ2) is 9.81. The van der Waals surface area contributed by atoms with Gasteiger partial charge in [0.1, 0.15) is 6.23 Å². The molecule has 2 aromatic heterocycles. The summed E-state index contributed by atoms with van der Waals surface area (Å²) in [6.07, 6.45) is 3.56. The summed E-state index contributed by atoms with van der Waals surface area (Å²) in [5, 5.41) is 15.2. The van der Waals surface area contributed by atoms with Crippen molar-refractivity contribution < 1.29 is 5.11 Å². The molecule has 0 amide bonds. The third-order valence-electron chi connectivity index (χ3n) is 5.09. The highest BCUT2D eigenvalue weighted by atomic mass is 35.5. The van der Waals surface area contributed by atoms with Crippen LogP contribution < -0.4 is 5.32 Å². The zero-order valence-electron chi connectivity index (χ0n) is 16.6. The van der Waals surface area contributed by atoms with E-state index in [0.717, 1.165) is 51.3 Å². The fourth-order valence-corrected chi connectivity index (χ4v) is 3.62. The van der Waals surface area contributed by atoms with Crippen LogP contribution in [-0.2, 0) is 13.0 Å². The van der Waals surface area contributed by atoms with Crippen LogP contribution in [0.4, 0.5) is 0 Å². The molecule has 30 heavy (non-hydrogen) atoms. The van der Waals surface area contributed by atoms with Crippen LogP contribution in [0, 0.1) is 0 Å². The Kier molecular flexibility index (Phi) is 6.70. The smallest absolute Gasteiger partial charge is 0.159 e. The van der Waals surface area contributed by atoms with E-state index in [1.54, 1.807) is 6.20 Å². The van der Waals surface area contributed by atoms with Crippen LogP contribution in [-0.4, -0.2) is 21.3 Å². The molecular formula is C25H24ClN3O. The molecule has 0 aliphatic carbocycles. The standard InChI is InChI=1S/C25H24ClN3O/c26-22-6-1-4-21(16-22)19-11-9-18(10-12-19)17-28-24(30)8-2-7-23-14-13-20-5-3-15-27-25(20)29-23/h1,3-6,9-16,24,28,30H,2,7-8,17H2. The summed E-state index contributed by atoms with van der Waals surface area (Å²) in [6, 6.07) is 24.1. The lowest BCUT2D eigenvalue weighted by atomic mass is 10.0. The number of benzene rings is 2. The zero-order chi connectivity index (χ0) is 20.8. The summed E-state index contributed by atoms with van der Waals surface area (Å²) in [5.74, 6) is 0. The number of aromatic nitrogens is 2. The third-order valence-corrected chi connectivity index (χ3v) is 5.32. The Hall–Kier alpha value is -2.79. The number of halogens is 1. The molecule has 0 saturated heterocycles. The minimum absolute atomic E-state index is 0.545. The van der Waals surface area contributed by atoms with Crippen LogP contribution in [0.3, 0.4) is 0 Å². The van der Waals surface area contributed by atoms with Crippen LogP contribution >= 0.6 is 11.6 Å². The molecule has 152 valence electrons. The topological polar surface area (TPSA) is 58.0 Å². The highest BCUT2D eigenvalue weighted by Gasteiger charge is 2.06. The van der Waals surface area contributed by atoms with Gasteiger partial charge in [-0.2, -0.15) is 0 Å². The van der Waals surface area contributed by atoms with Crippen LogP contribution in [0.5, 0.6) is 0 Å². The first-order valence-corrected chi connectivity index (χ1v) is 10.5. The monoisotopic (exact) mass is 417 g/mol. The van der Waals surface area contributed by atoms with Gasteiger partial charge in [-0.3, -0.25) is 5.32 Å². The fourth-order valence-electron chi connectivity index (χ4n) is 3.43. The average Bonchev–Trinajstić information content (AvgIpc) is 2.78. The van der Waals surface area contributed by atoms with Crippen molar-refractivity contribution in [3.63, 3.8) is 0 Å². The van der Waals surface area contributed by atoms with Crippen molar-refractivity contribution in [1.82, 2.24) is 15.3 Å². The molecule has 2 heterocycles. The fraction of sp³-hybridized carbons (Fsp3) is 0.200. The SMILES string of the molecule is OC(CCCc1ccc2cccnc2n1)NCc1ccc(-c2cccc(Cl)c2)cc1. The number of aliphatic hydroxyl groups excluding tert-OH is 1. The Labute approximate surface area is 181 Å². The molecule has 0 spiro atoms. The van der Waals surface area contributed by atoms with Gasteiger partial charge in [0.05, 0.1) is 0 Å². The van der Waals surface area contributed by atoms with E-state index in [4.69, 9.17) is 11.6 Å². The normalized spacial score (nSPS) is 12.2. The van der Waals surface area contributed by atoms with Crippen molar-refractivity contribution in [2.75, 3.05) is 0 Å². The average molecular weight is 418 g/mol. The van der Waals surface area contributed by atoms with Gasteiger partial charge in [-0.25, -0.2) is 9.97 Å². The number of hydrogen-bond donors (Lipinski definition) is 2. The van der Waals surface area contributed by atoms with Crippen molar-refractivity contribution >= 4 is 22.6 Å². The van der Waals surface area contributed by atoms with E-state index in [1.165, 1.54) is 0 Å². The number of fused-ring (bicyclic) bond motifs is 1. The molecule has 2 N–H and O–H groups in total. The lowest BCUT2D eigenvalue weighted by molar-refractivity contribution is 0.123. The number of hydrogen-bond acceptors (Lipinski definition) is 4. The second-order valence-corrected chi connectivity index (χ2v) is 7.79. The predicted octanol–water partition coefficient (Wildman–Crippen LogP) is 5.38. The number of nitrogens with zero attached hydrogens (tertiary/aromatic N) is 2. The summed E-state index contributed by atoms with van der Waals surface area (Å²) in [6.45, 7) is 0.620. The number of nitrogens with one attached hydrogen (secondary N) is 1. The number of pyridine rings is 2. The summed E-state index contributed by atoms with van der Waals surface area (Å²) < 4.78 is 0. The Morgan fingerprint density at radius 2 is 1.80 bits per heavy atom. The summed E-state index contributed by atoms with van der Waals surface area (Å²) >= 11 is 6.07. The number of aryl methyl sites for hydroxylation is 1. The molecule has 0 fully saturated rings. The summed E-state index contributed by atoms with van der Waals surface area (Å²) in [4.78, 5) is 8.88. The van der Waals surface area contributed by atoms with E-state index in [9.17, 15) is 5.11 Å². The van der Waals surface area contributed by atoms with Crippen molar-refractivity contribution in [2.45, 2.75) is 32.0 Å². The van der Waals surface area contributed by atoms with Crippen molar-refractivity contribution in [2.24, 2.45) is 0 Å². The molecule has 4 nitrogen and oxygen atoms in total. The van der Waals surface area contributed by atoms with Crippen LogP contribution in [0.15, 0.2) is 79.0 Å². The Bertz CT molecular complexity index is 1110. The lowest BCUT2D eigenvalue weighted by Crippen LogP contribution is -2.28. The molecule has 0 bridgehead atoms. The van der Waals surface area contributed by atoms with Gasteiger partial charge in [0.2, 0.25) is 0 Å². The van der Waals surface area contributed by atoms with E-state index < -0.39 is 6.23 Å². The van der Waals surface area contributed by atoms with E-state index in [-0.39, 0.29) is 0 Å². The van der Waals surface area contributed by atoms with E-state index >= 15 is 0 Å². The second-order valence-electron chi connectivity index (χ2n) is 7.35. The first-order chi connectivity index (χ1) is 14.7. The number of rotatable bonds is 8. The quantitative estimate of drug-likeness (QED) is 0.378. The van der Waals surface area contributed by atoms with Gasteiger partial charge in [0, 0.05) is 28.8 Å². The predicted molar refractivity (Wildman–Crippen MR) is 122 cm³/mol. The molecule has 1 unspecified atom stereocenters. The maximum absolute atomic E-state index is 10.3. The van der Waals surface area contributed by atoms with Crippen molar-refractivity contribution in [3.05, 3.63) is 95.3 Å². The zero-order valence-corrected chi connectivity index (χ0v) is 17.4. The largest absolute Gasteiger partial charge is 0.379 e. The van der Waals surface area contributed by atoms with Crippen LogP contribution in [0.1, 0.15) is 24.1 Å². The van der Waals surface area contributed by atoms with Gasteiger partial charge in [-0.05, 0) is 72.4 Å². The van der Waals surface area contributed by atoms with Gasteiger partial charge in [0.25, 0.3) is 0 Å². The molecule has 4 rings (SSSR count). The van der Waals surface area contributed by atoms with Crippen LogP contribution in [0.2, 0.25) is 5.02 Å². The molecule has 0 saturated carbocycles. The molecule has 0 aliphatic heterocycles. The van der Waals surface area contributed by atoms with Crippen molar-refractivity contribution in [1.29, 1.82) is 0 Å². The minimum atomic E-state index is -0.545. The Balaban J connectivity index is 1.23. The van der Waals surface area contributed by atoms with Crippen molar-refractivity contribution in [3.8, 4) is 11.1 Å². The molecule has 1 atom stereocenters. The van der Waals surface area contributed by atoms with Gasteiger partial charge in [-0.1, -0.05) is 48.0 Å². The Morgan fingerprint density at radius 1 is 0.933 bits per heavy atom. The Morgan fingerprint density at radius 3 is 2.63 bits per heavy atom. The molecule has 5 heteroatoms. The first kappa shape index (κ1) is 20.5. The minimum Gasteiger partial charge on any atom is -0.379 e. The van der Waals surface area contributed by atoms with E-state index in [0.29, 0.717) is 13.0 Å². The first-order valence-electron chi connectivity index (χ1n) is 10.1. The summed E-state index contributed by atoms with van der Waals surface area (Å²) in [5.41, 5.74) is 5.13. The van der Waals surface area contributed by atoms with Gasteiger partial charge in [0.15, 0.2) is 5.65 Å². The maximum atomic E-state index is 10.3. The maximum Gasteiger partial charge on any atom is 0.159 e. The summed E-state index contributed by atoms with van der Waals surface area (Å²) in [7, 11) is 0. The van der Waals surface area contributed by atoms with Gasteiger partial charge < -0.3 is 5.11 Å². The van der Waals surface area contributed by atoms with Gasteiger partial charge >= 0.3 is 0 Å². The van der Waals surface area contributed by atoms with E-state index in [1.807, 2.05) is 48.5 Å².